The SMILES string of the molecule is COc1cccc(NCc2c(F)cccc2Cl)c1. The maximum atomic E-state index is 13.5. The minimum Gasteiger partial charge on any atom is -0.497 e. The van der Waals surface area contributed by atoms with Crippen molar-refractivity contribution < 1.29 is 9.13 Å². The number of hydrogen-bond donors (Lipinski definition) is 1. The standard InChI is InChI=1S/C14H13ClFNO/c1-18-11-5-2-4-10(8-11)17-9-12-13(15)6-3-7-14(12)16/h2-8,17H,9H2,1H3. The Morgan fingerprint density at radius 1 is 1.22 bits per heavy atom. The van der Waals surface area contributed by atoms with E-state index in [2.05, 4.69) is 5.32 Å². The predicted molar refractivity (Wildman–Crippen MR) is 71.7 cm³/mol. The molecule has 2 nitrogen and oxygen atoms in total. The molecular formula is C14H13ClFNO. The van der Waals surface area contributed by atoms with Gasteiger partial charge < -0.3 is 10.1 Å². The minimum absolute atomic E-state index is 0.308. The van der Waals surface area contributed by atoms with Gasteiger partial charge in [-0.2, -0.15) is 0 Å². The fourth-order valence-corrected chi connectivity index (χ4v) is 1.85. The average Bonchev–Trinajstić information content (AvgIpc) is 2.38. The molecule has 0 atom stereocenters. The van der Waals surface area contributed by atoms with Gasteiger partial charge >= 0.3 is 0 Å². The van der Waals surface area contributed by atoms with Crippen LogP contribution < -0.4 is 10.1 Å². The van der Waals surface area contributed by atoms with E-state index in [1.807, 2.05) is 24.3 Å². The highest BCUT2D eigenvalue weighted by atomic mass is 35.5. The topological polar surface area (TPSA) is 21.3 Å². The first kappa shape index (κ1) is 12.7. The summed E-state index contributed by atoms with van der Waals surface area (Å²) < 4.78 is 18.7. The average molecular weight is 266 g/mol. The van der Waals surface area contributed by atoms with Crippen LogP contribution in [-0.4, -0.2) is 7.11 Å². The molecule has 0 aromatic heterocycles. The molecule has 0 aliphatic rings. The molecule has 0 bridgehead atoms. The first-order valence-electron chi connectivity index (χ1n) is 5.51. The second kappa shape index (κ2) is 5.74. The Morgan fingerprint density at radius 3 is 2.72 bits per heavy atom. The first-order chi connectivity index (χ1) is 8.70. The van der Waals surface area contributed by atoms with Crippen molar-refractivity contribution in [3.63, 3.8) is 0 Å². The Labute approximate surface area is 110 Å². The summed E-state index contributed by atoms with van der Waals surface area (Å²) in [4.78, 5) is 0. The van der Waals surface area contributed by atoms with E-state index in [0.29, 0.717) is 17.1 Å². The van der Waals surface area contributed by atoms with Gasteiger partial charge in [-0.15, -0.1) is 0 Å². The van der Waals surface area contributed by atoms with Gasteiger partial charge in [-0.3, -0.25) is 0 Å². The van der Waals surface area contributed by atoms with E-state index in [9.17, 15) is 4.39 Å². The van der Waals surface area contributed by atoms with Crippen molar-refractivity contribution in [1.29, 1.82) is 0 Å². The molecule has 0 saturated heterocycles. The molecule has 0 heterocycles. The highest BCUT2D eigenvalue weighted by Crippen LogP contribution is 2.22. The monoisotopic (exact) mass is 265 g/mol. The minimum atomic E-state index is -0.308. The van der Waals surface area contributed by atoms with Crippen LogP contribution in [0.4, 0.5) is 10.1 Å². The lowest BCUT2D eigenvalue weighted by Gasteiger charge is -2.10. The van der Waals surface area contributed by atoms with Gasteiger partial charge in [0.05, 0.1) is 7.11 Å². The number of anilines is 1. The summed E-state index contributed by atoms with van der Waals surface area (Å²) in [7, 11) is 1.60. The van der Waals surface area contributed by atoms with Crippen LogP contribution in [0.15, 0.2) is 42.5 Å². The number of benzene rings is 2. The van der Waals surface area contributed by atoms with Crippen molar-refractivity contribution in [2.24, 2.45) is 0 Å². The van der Waals surface area contributed by atoms with Crippen molar-refractivity contribution in [1.82, 2.24) is 0 Å². The third-order valence-electron chi connectivity index (χ3n) is 2.60. The van der Waals surface area contributed by atoms with Gasteiger partial charge in [0.2, 0.25) is 0 Å². The fourth-order valence-electron chi connectivity index (χ4n) is 1.62. The Balaban J connectivity index is 2.11. The lowest BCUT2D eigenvalue weighted by Crippen LogP contribution is -2.02. The van der Waals surface area contributed by atoms with E-state index in [4.69, 9.17) is 16.3 Å². The molecule has 94 valence electrons. The zero-order chi connectivity index (χ0) is 13.0. The summed E-state index contributed by atoms with van der Waals surface area (Å²) in [5, 5.41) is 3.53. The van der Waals surface area contributed by atoms with Crippen molar-refractivity contribution in [3.05, 3.63) is 58.9 Å². The van der Waals surface area contributed by atoms with E-state index in [0.717, 1.165) is 11.4 Å². The quantitative estimate of drug-likeness (QED) is 0.899. The molecular weight excluding hydrogens is 253 g/mol. The molecule has 1 N–H and O–H groups in total. The molecule has 2 rings (SSSR count). The van der Waals surface area contributed by atoms with Gasteiger partial charge in [0.1, 0.15) is 11.6 Å². The van der Waals surface area contributed by atoms with Crippen molar-refractivity contribution >= 4 is 17.3 Å². The second-order valence-electron chi connectivity index (χ2n) is 3.79. The number of rotatable bonds is 4. The second-order valence-corrected chi connectivity index (χ2v) is 4.19. The van der Waals surface area contributed by atoms with E-state index in [1.165, 1.54) is 6.07 Å². The Hall–Kier alpha value is -1.74. The highest BCUT2D eigenvalue weighted by Gasteiger charge is 2.06. The molecule has 2 aromatic rings. The van der Waals surface area contributed by atoms with Crippen LogP contribution in [0.2, 0.25) is 5.02 Å². The van der Waals surface area contributed by atoms with E-state index in [-0.39, 0.29) is 5.82 Å². The molecule has 4 heteroatoms. The Morgan fingerprint density at radius 2 is 2.00 bits per heavy atom. The first-order valence-corrected chi connectivity index (χ1v) is 5.89. The summed E-state index contributed by atoms with van der Waals surface area (Å²) in [6.07, 6.45) is 0. The van der Waals surface area contributed by atoms with Crippen LogP contribution in [0.1, 0.15) is 5.56 Å². The smallest absolute Gasteiger partial charge is 0.129 e. The normalized spacial score (nSPS) is 10.2. The summed E-state index contributed by atoms with van der Waals surface area (Å²) in [5.41, 5.74) is 1.32. The van der Waals surface area contributed by atoms with Crippen molar-refractivity contribution in [2.75, 3.05) is 12.4 Å². The molecule has 2 aromatic carbocycles. The number of hydrogen-bond acceptors (Lipinski definition) is 2. The maximum Gasteiger partial charge on any atom is 0.129 e. The van der Waals surface area contributed by atoms with Gasteiger partial charge in [-0.05, 0) is 24.3 Å². The number of ether oxygens (including phenoxy) is 1. The van der Waals surface area contributed by atoms with Gasteiger partial charge in [-0.1, -0.05) is 23.7 Å². The molecule has 0 unspecified atom stereocenters. The van der Waals surface area contributed by atoms with Gasteiger partial charge in [0.25, 0.3) is 0 Å². The van der Waals surface area contributed by atoms with Crippen LogP contribution in [0.25, 0.3) is 0 Å². The highest BCUT2D eigenvalue weighted by molar-refractivity contribution is 6.31. The fraction of sp³-hybridized carbons (Fsp3) is 0.143. The Kier molecular flexibility index (Phi) is 4.05. The lowest BCUT2D eigenvalue weighted by atomic mass is 10.2. The molecule has 0 amide bonds. The summed E-state index contributed by atoms with van der Waals surface area (Å²) in [6, 6.07) is 12.1. The molecule has 0 aliphatic heterocycles. The molecule has 0 saturated carbocycles. The zero-order valence-electron chi connectivity index (χ0n) is 9.91. The number of methoxy groups -OCH3 is 1. The number of halogens is 2. The predicted octanol–water partition coefficient (Wildman–Crippen LogP) is 4.10. The largest absolute Gasteiger partial charge is 0.497 e. The molecule has 0 radical (unpaired) electrons. The molecule has 18 heavy (non-hydrogen) atoms. The van der Waals surface area contributed by atoms with Crippen LogP contribution >= 0.6 is 11.6 Å². The van der Waals surface area contributed by atoms with Gasteiger partial charge in [-0.25, -0.2) is 4.39 Å². The van der Waals surface area contributed by atoms with Crippen LogP contribution in [0.3, 0.4) is 0 Å². The van der Waals surface area contributed by atoms with Gasteiger partial charge in [0.15, 0.2) is 0 Å². The lowest BCUT2D eigenvalue weighted by molar-refractivity contribution is 0.415. The summed E-state index contributed by atoms with van der Waals surface area (Å²) in [5.74, 6) is 0.442. The van der Waals surface area contributed by atoms with E-state index < -0.39 is 0 Å². The zero-order valence-corrected chi connectivity index (χ0v) is 10.7. The van der Waals surface area contributed by atoms with Crippen molar-refractivity contribution in [3.8, 4) is 5.75 Å². The van der Waals surface area contributed by atoms with E-state index in [1.54, 1.807) is 19.2 Å². The van der Waals surface area contributed by atoms with Crippen LogP contribution in [0, 0.1) is 5.82 Å². The maximum absolute atomic E-state index is 13.5. The molecule has 0 fully saturated rings. The third kappa shape index (κ3) is 2.93. The van der Waals surface area contributed by atoms with Crippen molar-refractivity contribution in [2.45, 2.75) is 6.54 Å². The summed E-state index contributed by atoms with van der Waals surface area (Å²) >= 11 is 5.95. The molecule has 0 aliphatic carbocycles. The number of nitrogens with one attached hydrogen (secondary N) is 1. The van der Waals surface area contributed by atoms with E-state index >= 15 is 0 Å². The Bertz CT molecular complexity index is 525. The van der Waals surface area contributed by atoms with Gasteiger partial charge in [0, 0.05) is 28.9 Å². The van der Waals surface area contributed by atoms with Crippen LogP contribution in [0.5, 0.6) is 5.75 Å². The summed E-state index contributed by atoms with van der Waals surface area (Å²) in [6.45, 7) is 0.332. The third-order valence-corrected chi connectivity index (χ3v) is 2.95. The molecule has 0 spiro atoms. The van der Waals surface area contributed by atoms with Crippen LogP contribution in [-0.2, 0) is 6.54 Å².